The van der Waals surface area contributed by atoms with Crippen LogP contribution in [0.5, 0.6) is 0 Å². The van der Waals surface area contributed by atoms with E-state index in [-0.39, 0.29) is 11.0 Å². The van der Waals surface area contributed by atoms with Crippen molar-refractivity contribution >= 4 is 0 Å². The Labute approximate surface area is 73.8 Å². The van der Waals surface area contributed by atoms with Crippen LogP contribution in [0.15, 0.2) is 0 Å². The number of fused-ring (bicyclic) bond motifs is 2. The van der Waals surface area contributed by atoms with E-state index in [0.29, 0.717) is 5.92 Å². The van der Waals surface area contributed by atoms with Crippen LogP contribution in [-0.2, 0) is 4.89 Å². The third-order valence-electron chi connectivity index (χ3n) is 4.57. The molecule has 12 heavy (non-hydrogen) atoms. The van der Waals surface area contributed by atoms with E-state index in [4.69, 9.17) is 10.1 Å². The molecule has 0 aromatic carbocycles. The van der Waals surface area contributed by atoms with Crippen molar-refractivity contribution in [3.63, 3.8) is 0 Å². The molecule has 0 amide bonds. The maximum Gasteiger partial charge on any atom is 0.111 e. The van der Waals surface area contributed by atoms with Gasteiger partial charge < -0.3 is 0 Å². The highest BCUT2D eigenvalue weighted by atomic mass is 17.1. The summed E-state index contributed by atoms with van der Waals surface area (Å²) in [5.74, 6) is 1.27. The van der Waals surface area contributed by atoms with Crippen molar-refractivity contribution < 1.29 is 10.1 Å². The van der Waals surface area contributed by atoms with Gasteiger partial charge in [-0.05, 0) is 31.1 Å². The SMILES string of the molecule is CC1CCC2CC1(OO)C2(C)C. The Hall–Kier alpha value is -0.0800. The molecule has 3 rings (SSSR count). The first-order chi connectivity index (χ1) is 5.54. The van der Waals surface area contributed by atoms with Crippen molar-refractivity contribution in [1.29, 1.82) is 0 Å². The molecule has 3 fully saturated rings. The van der Waals surface area contributed by atoms with Gasteiger partial charge in [0.25, 0.3) is 0 Å². The fourth-order valence-electron chi connectivity index (χ4n) is 3.33. The molecule has 0 heterocycles. The third kappa shape index (κ3) is 0.686. The van der Waals surface area contributed by atoms with Gasteiger partial charge in [0.2, 0.25) is 0 Å². The number of hydrogen-bond acceptors (Lipinski definition) is 2. The first-order valence-electron chi connectivity index (χ1n) is 4.87. The van der Waals surface area contributed by atoms with Gasteiger partial charge in [0.05, 0.1) is 0 Å². The molecule has 0 saturated heterocycles. The Morgan fingerprint density at radius 2 is 2.00 bits per heavy atom. The summed E-state index contributed by atoms with van der Waals surface area (Å²) in [5, 5.41) is 8.99. The van der Waals surface area contributed by atoms with Gasteiger partial charge in [-0.25, -0.2) is 4.89 Å². The quantitative estimate of drug-likeness (QED) is 0.484. The summed E-state index contributed by atoms with van der Waals surface area (Å²) in [7, 11) is 0. The molecule has 0 aromatic rings. The number of hydrogen-bond donors (Lipinski definition) is 1. The Kier molecular flexibility index (Phi) is 1.59. The molecular weight excluding hydrogens is 152 g/mol. The first kappa shape index (κ1) is 8.52. The predicted octanol–water partition coefficient (Wildman–Crippen LogP) is 2.69. The van der Waals surface area contributed by atoms with Crippen LogP contribution in [0.4, 0.5) is 0 Å². The zero-order valence-corrected chi connectivity index (χ0v) is 8.13. The summed E-state index contributed by atoms with van der Waals surface area (Å²) < 4.78 is 0. The fraction of sp³-hybridized carbons (Fsp3) is 1.00. The van der Waals surface area contributed by atoms with E-state index in [1.165, 1.54) is 12.8 Å². The molecule has 3 unspecified atom stereocenters. The second kappa shape index (κ2) is 2.24. The highest BCUT2D eigenvalue weighted by molar-refractivity contribution is 5.14. The van der Waals surface area contributed by atoms with E-state index in [0.717, 1.165) is 12.3 Å². The second-order valence-electron chi connectivity index (χ2n) is 5.08. The van der Waals surface area contributed by atoms with Crippen molar-refractivity contribution in [3.05, 3.63) is 0 Å². The normalized spacial score (nSPS) is 50.0. The molecule has 2 nitrogen and oxygen atoms in total. The molecular formula is C10H18O2. The van der Waals surface area contributed by atoms with E-state index >= 15 is 0 Å². The van der Waals surface area contributed by atoms with E-state index in [2.05, 4.69) is 20.8 Å². The molecule has 3 atom stereocenters. The lowest BCUT2D eigenvalue weighted by atomic mass is 9.43. The molecule has 0 spiro atoms. The Bertz CT molecular complexity index is 200. The van der Waals surface area contributed by atoms with E-state index in [9.17, 15) is 0 Å². The lowest BCUT2D eigenvalue weighted by Crippen LogP contribution is -2.67. The summed E-state index contributed by atoms with van der Waals surface area (Å²) in [5.41, 5.74) is -0.0463. The van der Waals surface area contributed by atoms with Crippen LogP contribution in [0.25, 0.3) is 0 Å². The van der Waals surface area contributed by atoms with Crippen LogP contribution in [0.3, 0.4) is 0 Å². The summed E-state index contributed by atoms with van der Waals surface area (Å²) in [4.78, 5) is 4.77. The van der Waals surface area contributed by atoms with Gasteiger partial charge in [0.1, 0.15) is 5.60 Å². The standard InChI is InChI=1S/C10H18O2/c1-7-4-5-8-6-10(7,12-11)9(8,2)3/h7-8,11H,4-6H2,1-3H3. The summed E-state index contributed by atoms with van der Waals surface area (Å²) in [6.07, 6.45) is 3.56. The van der Waals surface area contributed by atoms with Gasteiger partial charge in [-0.3, -0.25) is 5.26 Å². The Balaban J connectivity index is 2.29. The highest BCUT2D eigenvalue weighted by Gasteiger charge is 2.66. The molecule has 0 radical (unpaired) electrons. The highest BCUT2D eigenvalue weighted by Crippen LogP contribution is 2.65. The smallest absolute Gasteiger partial charge is 0.111 e. The maximum atomic E-state index is 8.99. The Morgan fingerprint density at radius 3 is 2.33 bits per heavy atom. The van der Waals surface area contributed by atoms with Gasteiger partial charge in [0, 0.05) is 5.41 Å². The van der Waals surface area contributed by atoms with Crippen LogP contribution >= 0.6 is 0 Å². The minimum Gasteiger partial charge on any atom is -0.251 e. The van der Waals surface area contributed by atoms with Gasteiger partial charge in [-0.1, -0.05) is 20.8 Å². The minimum atomic E-state index is -0.226. The zero-order chi connectivity index (χ0) is 8.98. The predicted molar refractivity (Wildman–Crippen MR) is 46.7 cm³/mol. The average Bonchev–Trinajstić information content (AvgIpc) is 2.04. The maximum absolute atomic E-state index is 8.99. The summed E-state index contributed by atoms with van der Waals surface area (Å²) in [6.45, 7) is 6.62. The molecule has 3 saturated carbocycles. The van der Waals surface area contributed by atoms with E-state index in [1.807, 2.05) is 0 Å². The molecule has 3 aliphatic rings. The third-order valence-corrected chi connectivity index (χ3v) is 4.57. The van der Waals surface area contributed by atoms with Gasteiger partial charge in [-0.2, -0.15) is 0 Å². The summed E-state index contributed by atoms with van der Waals surface area (Å²) >= 11 is 0. The van der Waals surface area contributed by atoms with Crippen LogP contribution < -0.4 is 0 Å². The van der Waals surface area contributed by atoms with Crippen LogP contribution in [0.1, 0.15) is 40.0 Å². The van der Waals surface area contributed by atoms with Crippen molar-refractivity contribution in [1.82, 2.24) is 0 Å². The number of rotatable bonds is 1. The minimum absolute atomic E-state index is 0.180. The first-order valence-corrected chi connectivity index (χ1v) is 4.87. The topological polar surface area (TPSA) is 29.5 Å². The molecule has 2 bridgehead atoms. The van der Waals surface area contributed by atoms with Crippen LogP contribution in [0.2, 0.25) is 0 Å². The lowest BCUT2D eigenvalue weighted by Gasteiger charge is -2.65. The Morgan fingerprint density at radius 1 is 1.33 bits per heavy atom. The van der Waals surface area contributed by atoms with Crippen LogP contribution in [0, 0.1) is 17.3 Å². The largest absolute Gasteiger partial charge is 0.251 e. The van der Waals surface area contributed by atoms with Crippen molar-refractivity contribution in [2.24, 2.45) is 17.3 Å². The van der Waals surface area contributed by atoms with Gasteiger partial charge >= 0.3 is 0 Å². The van der Waals surface area contributed by atoms with Gasteiger partial charge in [0.15, 0.2) is 0 Å². The monoisotopic (exact) mass is 170 g/mol. The fourth-order valence-corrected chi connectivity index (χ4v) is 3.33. The molecule has 70 valence electrons. The van der Waals surface area contributed by atoms with Gasteiger partial charge in [-0.15, -0.1) is 0 Å². The molecule has 1 N–H and O–H groups in total. The second-order valence-corrected chi connectivity index (χ2v) is 5.08. The van der Waals surface area contributed by atoms with Crippen molar-refractivity contribution in [2.45, 2.75) is 45.6 Å². The molecule has 0 aromatic heterocycles. The van der Waals surface area contributed by atoms with E-state index in [1.54, 1.807) is 0 Å². The molecule has 3 aliphatic carbocycles. The summed E-state index contributed by atoms with van der Waals surface area (Å²) in [6, 6.07) is 0. The zero-order valence-electron chi connectivity index (χ0n) is 8.13. The molecule has 2 heteroatoms. The van der Waals surface area contributed by atoms with Crippen molar-refractivity contribution in [3.8, 4) is 0 Å². The van der Waals surface area contributed by atoms with Crippen molar-refractivity contribution in [2.75, 3.05) is 0 Å². The van der Waals surface area contributed by atoms with Crippen LogP contribution in [-0.4, -0.2) is 10.9 Å². The average molecular weight is 170 g/mol. The lowest BCUT2D eigenvalue weighted by molar-refractivity contribution is -0.419. The van der Waals surface area contributed by atoms with E-state index < -0.39 is 0 Å². The molecule has 0 aliphatic heterocycles.